The molecular weight excluding hydrogens is 395 g/mol. The maximum Gasteiger partial charge on any atom is 0.416 e. The fourth-order valence-electron chi connectivity index (χ4n) is 3.53. The Morgan fingerprint density at radius 2 is 1.93 bits per heavy atom. The van der Waals surface area contributed by atoms with E-state index >= 15 is 0 Å². The van der Waals surface area contributed by atoms with Crippen LogP contribution in [0.1, 0.15) is 36.8 Å². The van der Waals surface area contributed by atoms with Gasteiger partial charge in [-0.2, -0.15) is 13.2 Å². The van der Waals surface area contributed by atoms with Crippen LogP contribution in [0.3, 0.4) is 0 Å². The van der Waals surface area contributed by atoms with Crippen molar-refractivity contribution in [1.29, 1.82) is 0 Å². The highest BCUT2D eigenvalue weighted by Gasteiger charge is 2.30. The number of hydrogen-bond acceptors (Lipinski definition) is 3. The Bertz CT molecular complexity index is 740. The monoisotopic (exact) mass is 425 g/mol. The van der Waals surface area contributed by atoms with Crippen molar-refractivity contribution >= 4 is 11.9 Å². The minimum atomic E-state index is -4.31. The molecule has 30 heavy (non-hydrogen) atoms. The standard InChI is InChI=1S/C21H30F3N5O/c1-25-20(26-9-3-6-19(30)27-18-7-8-18)29-12-10-28(11-13-29)15-16-4-2-5-17(14-16)21(22,23)24/h2,4-5,14,18H,3,6-13,15H2,1H3,(H,25,26)(H,27,30). The number of guanidine groups is 1. The van der Waals surface area contributed by atoms with Crippen LogP contribution < -0.4 is 10.6 Å². The number of halogens is 3. The second-order valence-electron chi connectivity index (χ2n) is 7.88. The van der Waals surface area contributed by atoms with Crippen molar-refractivity contribution in [2.24, 2.45) is 4.99 Å². The maximum absolute atomic E-state index is 12.9. The van der Waals surface area contributed by atoms with Gasteiger partial charge in [-0.3, -0.25) is 14.7 Å². The molecule has 0 bridgehead atoms. The lowest BCUT2D eigenvalue weighted by Crippen LogP contribution is -2.52. The summed E-state index contributed by atoms with van der Waals surface area (Å²) in [7, 11) is 1.73. The number of amides is 1. The summed E-state index contributed by atoms with van der Waals surface area (Å²) < 4.78 is 38.7. The summed E-state index contributed by atoms with van der Waals surface area (Å²) in [5, 5.41) is 6.28. The van der Waals surface area contributed by atoms with E-state index in [1.54, 1.807) is 13.1 Å². The summed E-state index contributed by atoms with van der Waals surface area (Å²) in [6, 6.07) is 5.93. The SMILES string of the molecule is CN=C(NCCCC(=O)NC1CC1)N1CCN(Cc2cccc(C(F)(F)F)c2)CC1. The fourth-order valence-corrected chi connectivity index (χ4v) is 3.53. The van der Waals surface area contributed by atoms with Crippen LogP contribution in [0.4, 0.5) is 13.2 Å². The molecule has 2 N–H and O–H groups in total. The van der Waals surface area contributed by atoms with Gasteiger partial charge in [0.05, 0.1) is 5.56 Å². The summed E-state index contributed by atoms with van der Waals surface area (Å²) in [6.07, 6.45) is -0.878. The zero-order valence-corrected chi connectivity index (χ0v) is 17.3. The normalized spacial score (nSPS) is 18.4. The van der Waals surface area contributed by atoms with Crippen molar-refractivity contribution in [2.75, 3.05) is 39.8 Å². The van der Waals surface area contributed by atoms with E-state index in [4.69, 9.17) is 0 Å². The molecule has 0 radical (unpaired) electrons. The van der Waals surface area contributed by atoms with Crippen LogP contribution >= 0.6 is 0 Å². The van der Waals surface area contributed by atoms with Crippen molar-refractivity contribution in [3.63, 3.8) is 0 Å². The molecule has 2 aliphatic rings. The van der Waals surface area contributed by atoms with Gasteiger partial charge in [-0.15, -0.1) is 0 Å². The first-order valence-corrected chi connectivity index (χ1v) is 10.5. The molecular formula is C21H30F3N5O. The zero-order chi connectivity index (χ0) is 21.6. The Kier molecular flexibility index (Phi) is 7.58. The number of piperazine rings is 1. The second kappa shape index (κ2) is 10.1. The number of rotatable bonds is 7. The maximum atomic E-state index is 12.9. The molecule has 1 saturated carbocycles. The first kappa shape index (κ1) is 22.4. The average molecular weight is 425 g/mol. The van der Waals surface area contributed by atoms with E-state index in [-0.39, 0.29) is 5.91 Å². The molecule has 1 aliphatic carbocycles. The molecule has 3 rings (SSSR count). The largest absolute Gasteiger partial charge is 0.416 e. The molecule has 9 heteroatoms. The number of benzene rings is 1. The fraction of sp³-hybridized carbons (Fsp3) is 0.619. The van der Waals surface area contributed by atoms with E-state index < -0.39 is 11.7 Å². The molecule has 0 aromatic heterocycles. The highest BCUT2D eigenvalue weighted by Crippen LogP contribution is 2.29. The van der Waals surface area contributed by atoms with Gasteiger partial charge >= 0.3 is 6.18 Å². The molecule has 6 nitrogen and oxygen atoms in total. The lowest BCUT2D eigenvalue weighted by atomic mass is 10.1. The highest BCUT2D eigenvalue weighted by molar-refractivity contribution is 5.80. The predicted octanol–water partition coefficient (Wildman–Crippen LogP) is 2.46. The van der Waals surface area contributed by atoms with Crippen LogP contribution in [0.15, 0.2) is 29.3 Å². The van der Waals surface area contributed by atoms with Crippen LogP contribution in [0, 0.1) is 0 Å². The number of carbonyl (C=O) groups excluding carboxylic acids is 1. The average Bonchev–Trinajstić information content (AvgIpc) is 3.52. The summed E-state index contributed by atoms with van der Waals surface area (Å²) in [5.74, 6) is 0.911. The first-order valence-electron chi connectivity index (χ1n) is 10.5. The Labute approximate surface area is 175 Å². The number of nitrogens with one attached hydrogen (secondary N) is 2. The molecule has 0 spiro atoms. The minimum Gasteiger partial charge on any atom is -0.356 e. The Hall–Kier alpha value is -2.29. The lowest BCUT2D eigenvalue weighted by molar-refractivity contribution is -0.137. The van der Waals surface area contributed by atoms with E-state index in [2.05, 4.69) is 25.4 Å². The lowest BCUT2D eigenvalue weighted by Gasteiger charge is -2.36. The molecule has 1 aromatic rings. The molecule has 0 atom stereocenters. The molecule has 1 saturated heterocycles. The van der Waals surface area contributed by atoms with Crippen molar-refractivity contribution in [3.05, 3.63) is 35.4 Å². The van der Waals surface area contributed by atoms with E-state index in [1.165, 1.54) is 12.1 Å². The number of alkyl halides is 3. The van der Waals surface area contributed by atoms with Crippen molar-refractivity contribution < 1.29 is 18.0 Å². The van der Waals surface area contributed by atoms with Gasteiger partial charge in [-0.25, -0.2) is 0 Å². The van der Waals surface area contributed by atoms with Crippen LogP contribution in [-0.4, -0.2) is 67.5 Å². The van der Waals surface area contributed by atoms with Crippen LogP contribution in [-0.2, 0) is 17.5 Å². The summed E-state index contributed by atoms with van der Waals surface area (Å²) in [5.41, 5.74) is 0.0688. The molecule has 1 heterocycles. The molecule has 1 aliphatic heterocycles. The quantitative estimate of drug-likeness (QED) is 0.400. The number of nitrogens with zero attached hydrogens (tertiary/aromatic N) is 3. The number of hydrogen-bond donors (Lipinski definition) is 2. The topological polar surface area (TPSA) is 60.0 Å². The number of carbonyl (C=O) groups is 1. The van der Waals surface area contributed by atoms with E-state index in [0.717, 1.165) is 57.5 Å². The summed E-state index contributed by atoms with van der Waals surface area (Å²) >= 11 is 0. The van der Waals surface area contributed by atoms with E-state index in [0.29, 0.717) is 31.1 Å². The van der Waals surface area contributed by atoms with Crippen molar-refractivity contribution in [1.82, 2.24) is 20.4 Å². The number of aliphatic imine (C=N–C) groups is 1. The van der Waals surface area contributed by atoms with Gasteiger partial charge in [0.15, 0.2) is 5.96 Å². The Morgan fingerprint density at radius 1 is 1.20 bits per heavy atom. The second-order valence-corrected chi connectivity index (χ2v) is 7.88. The zero-order valence-electron chi connectivity index (χ0n) is 17.3. The van der Waals surface area contributed by atoms with Gasteiger partial charge < -0.3 is 15.5 Å². The Morgan fingerprint density at radius 3 is 2.57 bits per heavy atom. The van der Waals surface area contributed by atoms with Gasteiger partial charge in [-0.1, -0.05) is 18.2 Å². The first-order chi connectivity index (χ1) is 14.3. The summed E-state index contributed by atoms with van der Waals surface area (Å²) in [6.45, 7) is 4.18. The molecule has 1 amide bonds. The molecule has 2 fully saturated rings. The summed E-state index contributed by atoms with van der Waals surface area (Å²) in [4.78, 5) is 20.3. The highest BCUT2D eigenvalue weighted by atomic mass is 19.4. The van der Waals surface area contributed by atoms with Gasteiger partial charge in [0.2, 0.25) is 5.91 Å². The van der Waals surface area contributed by atoms with Gasteiger partial charge in [0.25, 0.3) is 0 Å². The minimum absolute atomic E-state index is 0.109. The van der Waals surface area contributed by atoms with Gasteiger partial charge in [0.1, 0.15) is 0 Å². The van der Waals surface area contributed by atoms with Crippen LogP contribution in [0.25, 0.3) is 0 Å². The van der Waals surface area contributed by atoms with Crippen molar-refractivity contribution in [3.8, 4) is 0 Å². The Balaban J connectivity index is 1.38. The third-order valence-corrected chi connectivity index (χ3v) is 5.35. The predicted molar refractivity (Wildman–Crippen MR) is 110 cm³/mol. The third kappa shape index (κ3) is 6.90. The van der Waals surface area contributed by atoms with Crippen molar-refractivity contribution in [2.45, 2.75) is 44.4 Å². The molecule has 0 unspecified atom stereocenters. The molecule has 166 valence electrons. The molecule has 1 aromatic carbocycles. The van der Waals surface area contributed by atoms with E-state index in [9.17, 15) is 18.0 Å². The third-order valence-electron chi connectivity index (χ3n) is 5.35. The van der Waals surface area contributed by atoms with Gasteiger partial charge in [-0.05, 0) is 30.9 Å². The van der Waals surface area contributed by atoms with Gasteiger partial charge in [0, 0.05) is 58.8 Å². The van der Waals surface area contributed by atoms with Crippen LogP contribution in [0.5, 0.6) is 0 Å². The smallest absolute Gasteiger partial charge is 0.356 e. The van der Waals surface area contributed by atoms with Crippen LogP contribution in [0.2, 0.25) is 0 Å². The van der Waals surface area contributed by atoms with E-state index in [1.807, 2.05) is 0 Å².